The number of hydrogen-bond acceptors (Lipinski definition) is 0. The van der Waals surface area contributed by atoms with E-state index in [1.165, 1.54) is 6.42 Å². The van der Waals surface area contributed by atoms with Crippen LogP contribution in [0.15, 0.2) is 24.3 Å². The van der Waals surface area contributed by atoms with Crippen molar-refractivity contribution in [2.45, 2.75) is 47.0 Å². The maximum absolute atomic E-state index is 2.41. The Balaban J connectivity index is 2.53. The third-order valence-corrected chi connectivity index (χ3v) is 3.66. The molecule has 0 saturated heterocycles. The highest BCUT2D eigenvalue weighted by atomic mass is 14.5. The van der Waals surface area contributed by atoms with Crippen molar-refractivity contribution in [1.82, 2.24) is 0 Å². The molecule has 1 aromatic carbocycles. The Morgan fingerprint density at radius 2 is 1.73 bits per heavy atom. The fourth-order valence-electron chi connectivity index (χ4n) is 3.63. The zero-order valence-corrected chi connectivity index (χ0v) is 10.6. The van der Waals surface area contributed by atoms with Crippen LogP contribution in [-0.4, -0.2) is 0 Å². The lowest BCUT2D eigenvalue weighted by molar-refractivity contribution is 0.178. The maximum atomic E-state index is 2.41. The Morgan fingerprint density at radius 3 is 2.33 bits per heavy atom. The minimum absolute atomic E-state index is 0.357. The Bertz CT molecular complexity index is 366. The van der Waals surface area contributed by atoms with Gasteiger partial charge in [-0.05, 0) is 34.3 Å². The van der Waals surface area contributed by atoms with Crippen molar-refractivity contribution < 1.29 is 0 Å². The smallest absolute Gasteiger partial charge is 0.00560 e. The Morgan fingerprint density at radius 1 is 1.13 bits per heavy atom. The van der Waals surface area contributed by atoms with Gasteiger partial charge in [0.1, 0.15) is 0 Å². The summed E-state index contributed by atoms with van der Waals surface area (Å²) in [6.07, 6.45) is 1.23. The molecule has 1 aliphatic carbocycles. The number of rotatable bonds is 0. The van der Waals surface area contributed by atoms with Crippen LogP contribution in [-0.2, 0) is 6.42 Å². The molecule has 0 bridgehead atoms. The van der Waals surface area contributed by atoms with Gasteiger partial charge in [-0.25, -0.2) is 0 Å². The molecule has 1 atom stereocenters. The quantitative estimate of drug-likeness (QED) is 0.585. The molecule has 15 heavy (non-hydrogen) atoms. The molecule has 0 N–H and O–H groups in total. The predicted octanol–water partition coefficient (Wildman–Crippen LogP) is 4.40. The summed E-state index contributed by atoms with van der Waals surface area (Å²) in [5, 5.41) is 0. The first-order valence-corrected chi connectivity index (χ1v) is 5.90. The third kappa shape index (κ3) is 1.71. The van der Waals surface area contributed by atoms with Crippen LogP contribution in [0.4, 0.5) is 0 Å². The van der Waals surface area contributed by atoms with Gasteiger partial charge in [0.05, 0.1) is 0 Å². The molecule has 1 unspecified atom stereocenters. The van der Waals surface area contributed by atoms with Crippen molar-refractivity contribution in [3.8, 4) is 0 Å². The monoisotopic (exact) mass is 202 g/mol. The standard InChI is InChI=1S/C15H22/c1-14(2,3)13-12-9-7-6-8-11(12)10-15(13,4)5/h6-9,13H,10H2,1-5H3. The average molecular weight is 202 g/mol. The molecule has 2 rings (SSSR count). The molecule has 0 fully saturated rings. The van der Waals surface area contributed by atoms with E-state index >= 15 is 0 Å². The van der Waals surface area contributed by atoms with Crippen molar-refractivity contribution >= 4 is 0 Å². The molecule has 82 valence electrons. The molecule has 0 radical (unpaired) electrons. The first-order valence-electron chi connectivity index (χ1n) is 5.90. The van der Waals surface area contributed by atoms with Crippen molar-refractivity contribution in [3.05, 3.63) is 35.4 Å². The van der Waals surface area contributed by atoms with E-state index in [2.05, 4.69) is 58.9 Å². The predicted molar refractivity (Wildman–Crippen MR) is 66.1 cm³/mol. The van der Waals surface area contributed by atoms with Crippen LogP contribution in [0.25, 0.3) is 0 Å². The van der Waals surface area contributed by atoms with Crippen molar-refractivity contribution in [3.63, 3.8) is 0 Å². The van der Waals surface area contributed by atoms with Gasteiger partial charge in [0.2, 0.25) is 0 Å². The second-order valence-corrected chi connectivity index (χ2v) is 6.66. The summed E-state index contributed by atoms with van der Waals surface area (Å²) in [4.78, 5) is 0. The summed E-state index contributed by atoms with van der Waals surface area (Å²) in [6.45, 7) is 11.9. The normalized spacial score (nSPS) is 23.9. The van der Waals surface area contributed by atoms with Gasteiger partial charge in [-0.15, -0.1) is 0 Å². The number of hydrogen-bond donors (Lipinski definition) is 0. The third-order valence-electron chi connectivity index (χ3n) is 3.66. The highest BCUT2D eigenvalue weighted by Crippen LogP contribution is 2.54. The summed E-state index contributed by atoms with van der Waals surface area (Å²) < 4.78 is 0. The van der Waals surface area contributed by atoms with Crippen LogP contribution in [0.3, 0.4) is 0 Å². The van der Waals surface area contributed by atoms with E-state index < -0.39 is 0 Å². The summed E-state index contributed by atoms with van der Waals surface area (Å²) >= 11 is 0. The lowest BCUT2D eigenvalue weighted by Gasteiger charge is -2.38. The van der Waals surface area contributed by atoms with E-state index in [1.54, 1.807) is 11.1 Å². The van der Waals surface area contributed by atoms with E-state index in [4.69, 9.17) is 0 Å². The van der Waals surface area contributed by atoms with Crippen LogP contribution >= 0.6 is 0 Å². The van der Waals surface area contributed by atoms with Crippen LogP contribution in [0.2, 0.25) is 0 Å². The van der Waals surface area contributed by atoms with Crippen LogP contribution in [0.5, 0.6) is 0 Å². The summed E-state index contributed by atoms with van der Waals surface area (Å²) in [5.74, 6) is 0.682. The van der Waals surface area contributed by atoms with Crippen LogP contribution in [0.1, 0.15) is 51.7 Å². The Kier molecular flexibility index (Phi) is 2.22. The largest absolute Gasteiger partial charge is 0.0620 e. The van der Waals surface area contributed by atoms with Gasteiger partial charge in [-0.2, -0.15) is 0 Å². The second kappa shape index (κ2) is 3.10. The van der Waals surface area contributed by atoms with Crippen LogP contribution < -0.4 is 0 Å². The molecule has 0 spiro atoms. The fourth-order valence-corrected chi connectivity index (χ4v) is 3.63. The maximum Gasteiger partial charge on any atom is -0.00560 e. The van der Waals surface area contributed by atoms with E-state index in [0.717, 1.165) is 0 Å². The zero-order chi connectivity index (χ0) is 11.3. The highest BCUT2D eigenvalue weighted by Gasteiger charge is 2.44. The molecular formula is C15H22. The molecular weight excluding hydrogens is 180 g/mol. The van der Waals surface area contributed by atoms with E-state index in [1.807, 2.05) is 0 Å². The summed E-state index contributed by atoms with van der Waals surface area (Å²) in [7, 11) is 0. The topological polar surface area (TPSA) is 0 Å². The van der Waals surface area contributed by atoms with Gasteiger partial charge in [0.25, 0.3) is 0 Å². The average Bonchev–Trinajstić information content (AvgIpc) is 2.32. The molecule has 0 aromatic heterocycles. The van der Waals surface area contributed by atoms with Crippen molar-refractivity contribution in [2.75, 3.05) is 0 Å². The van der Waals surface area contributed by atoms with E-state index in [-0.39, 0.29) is 0 Å². The van der Waals surface area contributed by atoms with Gasteiger partial charge in [0, 0.05) is 0 Å². The minimum atomic E-state index is 0.357. The van der Waals surface area contributed by atoms with Gasteiger partial charge < -0.3 is 0 Å². The van der Waals surface area contributed by atoms with E-state index in [9.17, 15) is 0 Å². The minimum Gasteiger partial charge on any atom is -0.0620 e. The lowest BCUT2D eigenvalue weighted by atomic mass is 9.66. The summed E-state index contributed by atoms with van der Waals surface area (Å²) in [6, 6.07) is 8.96. The highest BCUT2D eigenvalue weighted by molar-refractivity contribution is 5.39. The van der Waals surface area contributed by atoms with Gasteiger partial charge >= 0.3 is 0 Å². The SMILES string of the molecule is CC(C)(C)C1c2ccccc2CC1(C)C. The molecule has 1 aliphatic rings. The fraction of sp³-hybridized carbons (Fsp3) is 0.600. The number of benzene rings is 1. The van der Waals surface area contributed by atoms with Gasteiger partial charge in [-0.3, -0.25) is 0 Å². The first kappa shape index (κ1) is 10.7. The number of fused-ring (bicyclic) bond motifs is 1. The zero-order valence-electron chi connectivity index (χ0n) is 10.6. The van der Waals surface area contributed by atoms with Crippen molar-refractivity contribution in [1.29, 1.82) is 0 Å². The molecule has 0 heterocycles. The first-order chi connectivity index (χ1) is 6.82. The van der Waals surface area contributed by atoms with Crippen LogP contribution in [0, 0.1) is 10.8 Å². The Hall–Kier alpha value is -0.780. The summed E-state index contributed by atoms with van der Waals surface area (Å²) in [5.41, 5.74) is 3.90. The van der Waals surface area contributed by atoms with E-state index in [0.29, 0.717) is 16.7 Å². The molecule has 0 heteroatoms. The van der Waals surface area contributed by atoms with Crippen molar-refractivity contribution in [2.24, 2.45) is 10.8 Å². The molecule has 0 nitrogen and oxygen atoms in total. The molecule has 0 amide bonds. The Labute approximate surface area is 93.7 Å². The molecule has 0 aliphatic heterocycles. The second-order valence-electron chi connectivity index (χ2n) is 6.66. The molecule has 1 aromatic rings. The lowest BCUT2D eigenvalue weighted by Crippen LogP contribution is -2.29. The van der Waals surface area contributed by atoms with Gasteiger partial charge in [-0.1, -0.05) is 58.9 Å². The van der Waals surface area contributed by atoms with Gasteiger partial charge in [0.15, 0.2) is 0 Å². The molecule has 0 saturated carbocycles.